The highest BCUT2D eigenvalue weighted by Crippen LogP contribution is 2.34. The second-order valence-corrected chi connectivity index (χ2v) is 10.6. The number of hydrogen-bond acceptors (Lipinski definition) is 7. The van der Waals surface area contributed by atoms with E-state index in [0.717, 1.165) is 56.0 Å². The molecule has 1 amide bonds. The van der Waals surface area contributed by atoms with Gasteiger partial charge in [0, 0.05) is 50.0 Å². The molecule has 0 bridgehead atoms. The molecule has 2 aliphatic rings. The molecule has 5 heterocycles. The smallest absolute Gasteiger partial charge is 0.475 e. The molecule has 2 fully saturated rings. The molecular weight excluding hydrogens is 614 g/mol. The summed E-state index contributed by atoms with van der Waals surface area (Å²) in [5.41, 5.74) is 3.86. The van der Waals surface area contributed by atoms with E-state index in [4.69, 9.17) is 29.8 Å². The van der Waals surface area contributed by atoms with Crippen LogP contribution < -0.4 is 4.90 Å². The van der Waals surface area contributed by atoms with E-state index in [9.17, 15) is 31.1 Å². The van der Waals surface area contributed by atoms with Crippen molar-refractivity contribution in [3.05, 3.63) is 48.2 Å². The van der Waals surface area contributed by atoms with Crippen molar-refractivity contribution in [1.29, 1.82) is 0 Å². The molecule has 0 aliphatic carbocycles. The van der Waals surface area contributed by atoms with E-state index in [2.05, 4.69) is 34.4 Å². The summed E-state index contributed by atoms with van der Waals surface area (Å²) >= 11 is 0. The predicted molar refractivity (Wildman–Crippen MR) is 149 cm³/mol. The molecule has 0 radical (unpaired) electrons. The number of pyridine rings is 2. The number of fused-ring (bicyclic) bond motifs is 1. The number of imidazole rings is 1. The summed E-state index contributed by atoms with van der Waals surface area (Å²) in [5.74, 6) is -4.09. The van der Waals surface area contributed by atoms with E-state index >= 15 is 0 Å². The van der Waals surface area contributed by atoms with Gasteiger partial charge < -0.3 is 24.6 Å². The Morgan fingerprint density at radius 3 is 1.91 bits per heavy atom. The van der Waals surface area contributed by atoms with Gasteiger partial charge in [-0.25, -0.2) is 19.6 Å². The molecule has 2 aliphatic heterocycles. The van der Waals surface area contributed by atoms with Crippen LogP contribution in [-0.4, -0.2) is 91.0 Å². The largest absolute Gasteiger partial charge is 0.490 e. The minimum Gasteiger partial charge on any atom is -0.475 e. The quantitative estimate of drug-likeness (QED) is 0.362. The fraction of sp³-hybridized carbons (Fsp3) is 0.500. The van der Waals surface area contributed by atoms with Gasteiger partial charge in [-0.05, 0) is 57.7 Å². The predicted octanol–water partition coefficient (Wildman–Crippen LogP) is 5.29. The number of amides is 1. The maximum absolute atomic E-state index is 12.8. The van der Waals surface area contributed by atoms with Crippen molar-refractivity contribution in [2.75, 3.05) is 31.1 Å². The third-order valence-corrected chi connectivity index (χ3v) is 7.09. The summed E-state index contributed by atoms with van der Waals surface area (Å²) in [6, 6.07) is 8.08. The maximum atomic E-state index is 12.8. The molecule has 246 valence electrons. The van der Waals surface area contributed by atoms with Gasteiger partial charge in [0.25, 0.3) is 5.91 Å². The average Bonchev–Trinajstić information content (AvgIpc) is 3.67. The molecule has 2 saturated heterocycles. The third kappa shape index (κ3) is 9.28. The summed E-state index contributed by atoms with van der Waals surface area (Å²) in [5, 5.41) is 14.2. The topological polar surface area (TPSA) is 142 Å². The molecule has 0 saturated carbocycles. The van der Waals surface area contributed by atoms with Gasteiger partial charge in [-0.2, -0.15) is 26.3 Å². The summed E-state index contributed by atoms with van der Waals surface area (Å²) < 4.78 is 65.7. The zero-order valence-corrected chi connectivity index (χ0v) is 24.3. The van der Waals surface area contributed by atoms with Crippen molar-refractivity contribution >= 4 is 34.7 Å². The Bertz CT molecular complexity index is 1440. The SMILES string of the molecule is CC(C)n1cnc2c(N3CCCC3)nc(C3CCN(C(=O)c4ccccn4)CC3)cc21.O=C(O)C(F)(F)F.O=C(O)C(F)(F)F. The Morgan fingerprint density at radius 1 is 0.889 bits per heavy atom. The zero-order valence-electron chi connectivity index (χ0n) is 24.3. The van der Waals surface area contributed by atoms with Crippen LogP contribution in [0.5, 0.6) is 0 Å². The van der Waals surface area contributed by atoms with Crippen LogP contribution in [0.3, 0.4) is 0 Å². The number of anilines is 1. The Balaban J connectivity index is 0.000000331. The molecule has 45 heavy (non-hydrogen) atoms. The highest BCUT2D eigenvalue weighted by Gasteiger charge is 2.39. The van der Waals surface area contributed by atoms with Crippen molar-refractivity contribution in [2.24, 2.45) is 0 Å². The summed E-state index contributed by atoms with van der Waals surface area (Å²) in [6.45, 7) is 7.97. The molecule has 3 aromatic rings. The van der Waals surface area contributed by atoms with Crippen LogP contribution in [0.15, 0.2) is 36.8 Å². The summed E-state index contributed by atoms with van der Waals surface area (Å²) in [7, 11) is 0. The van der Waals surface area contributed by atoms with E-state index in [0.29, 0.717) is 17.7 Å². The number of carboxylic acid groups (broad SMARTS) is 2. The Kier molecular flexibility index (Phi) is 11.3. The number of carbonyl (C=O) groups excluding carboxylic acids is 1. The van der Waals surface area contributed by atoms with Gasteiger partial charge in [0.05, 0.1) is 11.8 Å². The average molecular weight is 647 g/mol. The van der Waals surface area contributed by atoms with Crippen molar-refractivity contribution < 1.29 is 50.9 Å². The van der Waals surface area contributed by atoms with Crippen LogP contribution in [0, 0.1) is 0 Å². The van der Waals surface area contributed by atoms with E-state index in [1.54, 1.807) is 12.3 Å². The van der Waals surface area contributed by atoms with E-state index in [-0.39, 0.29) is 5.91 Å². The Hall–Kier alpha value is -4.44. The number of piperidine rings is 1. The number of carbonyl (C=O) groups is 3. The first-order valence-corrected chi connectivity index (χ1v) is 13.9. The lowest BCUT2D eigenvalue weighted by Gasteiger charge is -2.32. The number of aromatic nitrogens is 4. The van der Waals surface area contributed by atoms with E-state index in [1.165, 1.54) is 18.4 Å². The lowest BCUT2D eigenvalue weighted by atomic mass is 9.92. The van der Waals surface area contributed by atoms with Gasteiger partial charge in [0.2, 0.25) is 0 Å². The molecule has 3 aromatic heterocycles. The first-order valence-electron chi connectivity index (χ1n) is 13.9. The molecule has 11 nitrogen and oxygen atoms in total. The number of hydrogen-bond donors (Lipinski definition) is 2. The van der Waals surface area contributed by atoms with Crippen molar-refractivity contribution in [1.82, 2.24) is 24.4 Å². The van der Waals surface area contributed by atoms with Gasteiger partial charge in [-0.1, -0.05) is 6.07 Å². The maximum Gasteiger partial charge on any atom is 0.490 e. The van der Waals surface area contributed by atoms with Crippen molar-refractivity contribution in [3.63, 3.8) is 0 Å². The molecule has 0 unspecified atom stereocenters. The van der Waals surface area contributed by atoms with Crippen molar-refractivity contribution in [2.45, 2.75) is 63.8 Å². The minimum atomic E-state index is -5.08. The van der Waals surface area contributed by atoms with Gasteiger partial charge in [-0.15, -0.1) is 0 Å². The van der Waals surface area contributed by atoms with Crippen LogP contribution in [0.1, 0.15) is 67.7 Å². The highest BCUT2D eigenvalue weighted by atomic mass is 19.4. The van der Waals surface area contributed by atoms with Gasteiger partial charge in [0.15, 0.2) is 5.82 Å². The lowest BCUT2D eigenvalue weighted by Crippen LogP contribution is -2.38. The normalized spacial score (nSPS) is 15.8. The first kappa shape index (κ1) is 35.0. The summed E-state index contributed by atoms with van der Waals surface area (Å²) in [4.78, 5) is 49.0. The standard InChI is InChI=1S/C24H30N6O.2C2HF3O2/c1-17(2)30-16-26-22-21(30)15-20(27-23(22)28-11-5-6-12-28)18-8-13-29(14-9-18)24(31)19-7-3-4-10-25-19;2*3-2(4,5)1(6)7/h3-4,7,10,15-18H,5-6,8-9,11-14H2,1-2H3;2*(H,6,7). The number of rotatable bonds is 4. The van der Waals surface area contributed by atoms with Crippen LogP contribution in [-0.2, 0) is 9.59 Å². The van der Waals surface area contributed by atoms with Crippen LogP contribution >= 0.6 is 0 Å². The number of nitrogens with zero attached hydrogens (tertiary/aromatic N) is 6. The monoisotopic (exact) mass is 646 g/mol. The van der Waals surface area contributed by atoms with Crippen LogP contribution in [0.4, 0.5) is 32.2 Å². The molecule has 5 rings (SSSR count). The molecule has 0 aromatic carbocycles. The number of alkyl halides is 6. The summed E-state index contributed by atoms with van der Waals surface area (Å²) in [6.07, 6.45) is -2.26. The molecule has 0 atom stereocenters. The van der Waals surface area contributed by atoms with E-state index in [1.807, 2.05) is 23.4 Å². The molecular formula is C28H32F6N6O5. The fourth-order valence-corrected chi connectivity index (χ4v) is 4.83. The van der Waals surface area contributed by atoms with Gasteiger partial charge in [-0.3, -0.25) is 9.78 Å². The third-order valence-electron chi connectivity index (χ3n) is 7.09. The van der Waals surface area contributed by atoms with Gasteiger partial charge in [0.1, 0.15) is 11.2 Å². The second kappa shape index (κ2) is 14.6. The van der Waals surface area contributed by atoms with Crippen molar-refractivity contribution in [3.8, 4) is 0 Å². The zero-order chi connectivity index (χ0) is 33.5. The number of likely N-dealkylation sites (tertiary alicyclic amines) is 1. The lowest BCUT2D eigenvalue weighted by molar-refractivity contribution is -0.193. The van der Waals surface area contributed by atoms with E-state index < -0.39 is 24.3 Å². The van der Waals surface area contributed by atoms with Crippen LogP contribution in [0.2, 0.25) is 0 Å². The number of carboxylic acids is 2. The molecule has 2 N–H and O–H groups in total. The fourth-order valence-electron chi connectivity index (χ4n) is 4.83. The number of aliphatic carboxylic acids is 2. The Labute approximate surface area is 253 Å². The highest BCUT2D eigenvalue weighted by molar-refractivity contribution is 5.92. The minimum absolute atomic E-state index is 0.0260. The second-order valence-electron chi connectivity index (χ2n) is 10.6. The van der Waals surface area contributed by atoms with Crippen LogP contribution in [0.25, 0.3) is 11.0 Å². The first-order chi connectivity index (χ1) is 21.0. The number of halogens is 6. The molecule has 0 spiro atoms. The molecule has 17 heteroatoms. The Morgan fingerprint density at radius 2 is 1.44 bits per heavy atom. The van der Waals surface area contributed by atoms with Gasteiger partial charge >= 0.3 is 24.3 Å².